The third kappa shape index (κ3) is 3.60. The molecule has 214 valence electrons. The summed E-state index contributed by atoms with van der Waals surface area (Å²) >= 11 is 0. The number of benzene rings is 1. The molecule has 5 aliphatic rings. The minimum Gasteiger partial charge on any atom is -0.510 e. The molecule has 40 heavy (non-hydrogen) atoms. The topological polar surface area (TPSA) is 165 Å². The molecule has 6 atom stereocenters. The van der Waals surface area contributed by atoms with Gasteiger partial charge in [0.1, 0.15) is 28.7 Å². The zero-order valence-electron chi connectivity index (χ0n) is 22.5. The molecule has 2 unspecified atom stereocenters. The van der Waals surface area contributed by atoms with Crippen LogP contribution in [0.5, 0.6) is 5.75 Å². The van der Waals surface area contributed by atoms with Gasteiger partial charge in [-0.05, 0) is 63.6 Å². The number of primary amides is 1. The molecule has 1 amide bonds. The number of nitrogens with two attached hydrogens (primary N) is 1. The minimum absolute atomic E-state index is 0.0347. The van der Waals surface area contributed by atoms with Crippen molar-refractivity contribution in [2.75, 3.05) is 27.2 Å². The monoisotopic (exact) mass is 555 g/mol. The van der Waals surface area contributed by atoms with Crippen LogP contribution in [0.4, 0.5) is 4.39 Å². The predicted molar refractivity (Wildman–Crippen MR) is 140 cm³/mol. The lowest BCUT2D eigenvalue weighted by Crippen LogP contribution is -2.63. The van der Waals surface area contributed by atoms with Crippen LogP contribution in [0.1, 0.15) is 47.2 Å². The predicted octanol–water partition coefficient (Wildman–Crippen LogP) is 1.49. The van der Waals surface area contributed by atoms with Crippen LogP contribution in [-0.4, -0.2) is 86.5 Å². The number of fused-ring (bicyclic) bond motifs is 4. The first-order valence-electron chi connectivity index (χ1n) is 13.8. The highest BCUT2D eigenvalue weighted by Gasteiger charge is 2.63. The number of hydrogen-bond acceptors (Lipinski definition) is 9. The van der Waals surface area contributed by atoms with Gasteiger partial charge in [0.05, 0.1) is 11.6 Å². The van der Waals surface area contributed by atoms with Crippen LogP contribution in [0.2, 0.25) is 0 Å². The largest absolute Gasteiger partial charge is 0.510 e. The molecule has 0 spiro atoms. The number of hydrogen-bond donors (Lipinski definition) is 5. The van der Waals surface area contributed by atoms with E-state index in [-0.39, 0.29) is 29.5 Å². The summed E-state index contributed by atoms with van der Waals surface area (Å²) in [6, 6.07) is 0.155. The Balaban J connectivity index is 1.41. The summed E-state index contributed by atoms with van der Waals surface area (Å²) in [7, 11) is 3.12. The van der Waals surface area contributed by atoms with Crippen molar-refractivity contribution >= 4 is 17.5 Å². The van der Waals surface area contributed by atoms with Crippen molar-refractivity contribution < 1.29 is 39.2 Å². The first-order valence-corrected chi connectivity index (χ1v) is 13.8. The molecule has 1 aliphatic heterocycles. The van der Waals surface area contributed by atoms with E-state index in [1.807, 2.05) is 0 Å². The molecule has 0 aromatic heterocycles. The number of halogens is 1. The number of likely N-dealkylation sites (N-methyl/N-ethyl adjacent to an activating group) is 1. The van der Waals surface area contributed by atoms with Gasteiger partial charge in [-0.1, -0.05) is 6.42 Å². The number of nitrogens with zero attached hydrogens (tertiary/aromatic N) is 2. The normalized spacial score (nSPS) is 33.8. The molecule has 10 nitrogen and oxygen atoms in total. The number of amides is 1. The number of carbonyl (C=O) groups excluding carboxylic acids is 3. The summed E-state index contributed by atoms with van der Waals surface area (Å²) in [4.78, 5) is 42.8. The Hall–Kier alpha value is -3.28. The zero-order chi connectivity index (χ0) is 28.8. The summed E-state index contributed by atoms with van der Waals surface area (Å²) in [6.07, 6.45) is 3.42. The summed E-state index contributed by atoms with van der Waals surface area (Å²) < 4.78 is 16.0. The smallest absolute Gasteiger partial charge is 0.255 e. The van der Waals surface area contributed by atoms with Crippen LogP contribution in [0, 0.1) is 29.5 Å². The van der Waals surface area contributed by atoms with Crippen molar-refractivity contribution in [3.05, 3.63) is 51.2 Å². The van der Waals surface area contributed by atoms with Gasteiger partial charge in [0.2, 0.25) is 5.78 Å². The van der Waals surface area contributed by atoms with E-state index >= 15 is 4.39 Å². The van der Waals surface area contributed by atoms with Gasteiger partial charge in [-0.3, -0.25) is 24.2 Å². The Kier molecular flexibility index (Phi) is 6.14. The number of allylic oxidation sites excluding steroid dienone is 1. The number of aliphatic hydroxyl groups is 3. The van der Waals surface area contributed by atoms with Gasteiger partial charge in [-0.25, -0.2) is 4.39 Å². The quantitative estimate of drug-likeness (QED) is 0.346. The molecule has 0 radical (unpaired) electrons. The summed E-state index contributed by atoms with van der Waals surface area (Å²) in [5.74, 6) is -6.82. The van der Waals surface area contributed by atoms with Crippen LogP contribution in [-0.2, 0) is 22.6 Å². The van der Waals surface area contributed by atoms with Gasteiger partial charge in [0.25, 0.3) is 5.91 Å². The van der Waals surface area contributed by atoms with Gasteiger partial charge in [0, 0.05) is 42.3 Å². The van der Waals surface area contributed by atoms with Crippen molar-refractivity contribution in [2.24, 2.45) is 29.4 Å². The van der Waals surface area contributed by atoms with Crippen molar-refractivity contribution in [2.45, 2.75) is 50.3 Å². The molecule has 11 heteroatoms. The molecule has 2 fully saturated rings. The van der Waals surface area contributed by atoms with Crippen LogP contribution in [0.25, 0.3) is 0 Å². The number of rotatable bonds is 4. The number of aliphatic hydroxyl groups excluding tert-OH is 2. The molecule has 6 N–H and O–H groups in total. The fourth-order valence-corrected chi connectivity index (χ4v) is 8.17. The Bertz CT molecular complexity index is 1410. The maximum Gasteiger partial charge on any atom is 0.255 e. The fourth-order valence-electron chi connectivity index (χ4n) is 8.17. The number of carbonyl (C=O) groups is 3. The molecule has 1 aromatic rings. The lowest BCUT2D eigenvalue weighted by molar-refractivity contribution is -0.148. The van der Waals surface area contributed by atoms with Crippen molar-refractivity contribution in [1.82, 2.24) is 9.80 Å². The number of Topliss-reactive ketones (excluding diaryl/α,β-unsaturated/α-hetero) is 2. The van der Waals surface area contributed by atoms with E-state index in [1.165, 1.54) is 30.2 Å². The molecule has 4 aliphatic carbocycles. The van der Waals surface area contributed by atoms with E-state index in [0.717, 1.165) is 13.1 Å². The molecule has 1 saturated heterocycles. The second kappa shape index (κ2) is 9.12. The lowest BCUT2D eigenvalue weighted by atomic mass is 9.58. The van der Waals surface area contributed by atoms with E-state index in [1.54, 1.807) is 14.1 Å². The highest BCUT2D eigenvalue weighted by molar-refractivity contribution is 6.24. The first-order chi connectivity index (χ1) is 18.9. The Morgan fingerprint density at radius 3 is 2.42 bits per heavy atom. The van der Waals surface area contributed by atoms with Crippen LogP contribution in [0.3, 0.4) is 0 Å². The SMILES string of the molecule is CN(C)[C@@H]1C(O)=C(C(N)=O)C(=O)[C@@]2(O)C(O)=C3C(=O)c4c(O)cc(CN5CC6CCCC6C5)c(F)c4C[C@H]3C[C@@H]12. The minimum atomic E-state index is -2.72. The molecule has 6 rings (SSSR count). The lowest BCUT2D eigenvalue weighted by Gasteiger charge is -2.50. The van der Waals surface area contributed by atoms with Crippen molar-refractivity contribution in [3.63, 3.8) is 0 Å². The molecular weight excluding hydrogens is 521 g/mol. The summed E-state index contributed by atoms with van der Waals surface area (Å²) in [6.45, 7) is 2.05. The van der Waals surface area contributed by atoms with Crippen molar-refractivity contribution in [3.8, 4) is 5.75 Å². The first kappa shape index (κ1) is 26.9. The Labute approximate surface area is 230 Å². The molecule has 1 aromatic carbocycles. The number of phenols is 1. The zero-order valence-corrected chi connectivity index (χ0v) is 22.5. The Morgan fingerprint density at radius 2 is 1.82 bits per heavy atom. The molecule has 1 heterocycles. The number of aromatic hydroxyl groups is 1. The molecule has 1 saturated carbocycles. The standard InChI is InChI=1S/C29H34FN3O7/c1-32(2)23-17-7-14-6-16-20(18(34)8-15(22(16)30)11-33-9-12-4-3-5-13(12)10-33)24(35)19(14)26(37)29(17,40)27(38)21(25(23)36)28(31)39/h8,12-14,17,23,34,36-37,40H,3-7,9-11H2,1-2H3,(H2,31,39)/t12?,13?,14-,17-,23-,29-/m0/s1. The van der Waals surface area contributed by atoms with Gasteiger partial charge in [-0.2, -0.15) is 0 Å². The van der Waals surface area contributed by atoms with E-state index in [4.69, 9.17) is 5.73 Å². The summed E-state index contributed by atoms with van der Waals surface area (Å²) in [5, 5.41) is 44.7. The van der Waals surface area contributed by atoms with E-state index in [0.29, 0.717) is 23.9 Å². The van der Waals surface area contributed by atoms with E-state index < -0.39 is 69.6 Å². The van der Waals surface area contributed by atoms with Crippen LogP contribution in [0.15, 0.2) is 28.7 Å². The maximum atomic E-state index is 16.0. The van der Waals surface area contributed by atoms with E-state index in [9.17, 15) is 34.8 Å². The Morgan fingerprint density at radius 1 is 1.18 bits per heavy atom. The maximum absolute atomic E-state index is 16.0. The third-order valence-electron chi connectivity index (χ3n) is 9.93. The highest BCUT2D eigenvalue weighted by Crippen LogP contribution is 2.52. The van der Waals surface area contributed by atoms with Gasteiger partial charge >= 0.3 is 0 Å². The average molecular weight is 556 g/mol. The fraction of sp³-hybridized carbons (Fsp3) is 0.552. The van der Waals surface area contributed by atoms with Crippen LogP contribution >= 0.6 is 0 Å². The van der Waals surface area contributed by atoms with Crippen molar-refractivity contribution in [1.29, 1.82) is 0 Å². The second-order valence-electron chi connectivity index (χ2n) is 12.3. The second-order valence-corrected chi connectivity index (χ2v) is 12.3. The molecular formula is C29H34FN3O7. The third-order valence-corrected chi connectivity index (χ3v) is 9.93. The van der Waals surface area contributed by atoms with E-state index in [2.05, 4.69) is 4.90 Å². The highest BCUT2D eigenvalue weighted by atomic mass is 19.1. The van der Waals surface area contributed by atoms with Crippen LogP contribution < -0.4 is 5.73 Å². The number of likely N-dealkylation sites (tertiary alicyclic amines) is 1. The average Bonchev–Trinajstić information content (AvgIpc) is 3.46. The van der Waals surface area contributed by atoms with Gasteiger partial charge in [0.15, 0.2) is 11.4 Å². The number of ketones is 2. The molecule has 0 bridgehead atoms. The van der Waals surface area contributed by atoms with Gasteiger partial charge in [-0.15, -0.1) is 0 Å². The van der Waals surface area contributed by atoms with Gasteiger partial charge < -0.3 is 26.2 Å². The number of phenolic OH excluding ortho intramolecular Hbond substituents is 1. The summed E-state index contributed by atoms with van der Waals surface area (Å²) in [5.41, 5.74) is 1.49.